The maximum Gasteiger partial charge on any atom is 0.253 e. The number of rotatable bonds is 6. The number of piperazine rings is 1. The molecule has 1 aliphatic rings. The van der Waals surface area contributed by atoms with E-state index in [-0.39, 0.29) is 11.6 Å². The molecule has 0 spiro atoms. The number of fused-ring (bicyclic) bond motifs is 1. The second kappa shape index (κ2) is 9.25. The fraction of sp³-hybridized carbons (Fsp3) is 0.360. The molecule has 0 bridgehead atoms. The summed E-state index contributed by atoms with van der Waals surface area (Å²) < 4.78 is 1.82. The lowest BCUT2D eigenvalue weighted by molar-refractivity contribution is 0.108. The van der Waals surface area contributed by atoms with Crippen LogP contribution >= 0.6 is 0 Å². The highest BCUT2D eigenvalue weighted by Gasteiger charge is 2.32. The number of aryl methyl sites for hydroxylation is 1. The molecule has 4 aromatic rings. The molecule has 33 heavy (non-hydrogen) atoms. The van der Waals surface area contributed by atoms with Crippen molar-refractivity contribution in [3.8, 4) is 0 Å². The molecule has 1 fully saturated rings. The number of benzene rings is 2. The Balaban J connectivity index is 1.59. The molecule has 8 heteroatoms. The Morgan fingerprint density at radius 3 is 2.58 bits per heavy atom. The zero-order valence-corrected chi connectivity index (χ0v) is 19.1. The van der Waals surface area contributed by atoms with E-state index in [1.54, 1.807) is 0 Å². The summed E-state index contributed by atoms with van der Waals surface area (Å²) in [4.78, 5) is 21.2. The summed E-state index contributed by atoms with van der Waals surface area (Å²) >= 11 is 0. The van der Waals surface area contributed by atoms with Crippen LogP contribution in [-0.2, 0) is 6.54 Å². The molecule has 3 heterocycles. The van der Waals surface area contributed by atoms with Crippen molar-refractivity contribution in [2.24, 2.45) is 0 Å². The van der Waals surface area contributed by atoms with E-state index in [1.807, 2.05) is 41.9 Å². The van der Waals surface area contributed by atoms with Crippen LogP contribution in [0.15, 0.2) is 59.4 Å². The first-order valence-electron chi connectivity index (χ1n) is 11.5. The second-order valence-electron chi connectivity index (χ2n) is 8.70. The molecule has 5 rings (SSSR count). The van der Waals surface area contributed by atoms with Crippen LogP contribution < -0.4 is 5.56 Å². The standard InChI is InChI=1S/C25H29N7O/c1-3-30-11-13-31(14-12-30)23(21-16-20-10-9-18(2)15-22(20)26-25(21)33)24-27-28-29-32(24)17-19-7-5-4-6-8-19/h4-10,15-16,23H,3,11-14,17H2,1-2H3,(H,26,33)/t23-/m1/s1. The molecular formula is C25H29N7O. The molecule has 0 unspecified atom stereocenters. The van der Waals surface area contributed by atoms with Crippen molar-refractivity contribution < 1.29 is 0 Å². The number of aromatic amines is 1. The van der Waals surface area contributed by atoms with Gasteiger partial charge >= 0.3 is 0 Å². The highest BCUT2D eigenvalue weighted by molar-refractivity contribution is 5.79. The summed E-state index contributed by atoms with van der Waals surface area (Å²) in [6.07, 6.45) is 0. The van der Waals surface area contributed by atoms with E-state index in [0.29, 0.717) is 17.9 Å². The lowest BCUT2D eigenvalue weighted by atomic mass is 10.0. The van der Waals surface area contributed by atoms with Crippen LogP contribution in [0.25, 0.3) is 10.9 Å². The number of tetrazole rings is 1. The van der Waals surface area contributed by atoms with E-state index < -0.39 is 0 Å². The first-order valence-corrected chi connectivity index (χ1v) is 11.5. The minimum absolute atomic E-state index is 0.0923. The molecule has 2 aromatic heterocycles. The Morgan fingerprint density at radius 2 is 1.82 bits per heavy atom. The van der Waals surface area contributed by atoms with Gasteiger partial charge in [0.05, 0.1) is 6.54 Å². The van der Waals surface area contributed by atoms with Gasteiger partial charge in [0.15, 0.2) is 5.82 Å². The van der Waals surface area contributed by atoms with E-state index in [1.165, 1.54) is 0 Å². The maximum atomic E-state index is 13.3. The van der Waals surface area contributed by atoms with Crippen LogP contribution in [0, 0.1) is 6.92 Å². The average Bonchev–Trinajstić information content (AvgIpc) is 3.28. The van der Waals surface area contributed by atoms with Gasteiger partial charge in [-0.15, -0.1) is 5.10 Å². The summed E-state index contributed by atoms with van der Waals surface area (Å²) in [5.74, 6) is 0.695. The summed E-state index contributed by atoms with van der Waals surface area (Å²) in [6, 6.07) is 18.0. The zero-order valence-electron chi connectivity index (χ0n) is 19.1. The smallest absolute Gasteiger partial charge is 0.253 e. The molecule has 0 aliphatic carbocycles. The Labute approximate surface area is 192 Å². The van der Waals surface area contributed by atoms with Crippen LogP contribution in [0.5, 0.6) is 0 Å². The molecule has 0 saturated carbocycles. The monoisotopic (exact) mass is 443 g/mol. The van der Waals surface area contributed by atoms with Crippen molar-refractivity contribution in [1.29, 1.82) is 0 Å². The van der Waals surface area contributed by atoms with Gasteiger partial charge in [-0.05, 0) is 52.5 Å². The number of nitrogens with zero attached hydrogens (tertiary/aromatic N) is 6. The Morgan fingerprint density at radius 1 is 1.03 bits per heavy atom. The highest BCUT2D eigenvalue weighted by atomic mass is 16.1. The number of likely N-dealkylation sites (N-methyl/N-ethyl adjacent to an activating group) is 1. The maximum absolute atomic E-state index is 13.3. The normalized spacial score (nSPS) is 16.3. The first-order chi connectivity index (χ1) is 16.1. The lowest BCUT2D eigenvalue weighted by Crippen LogP contribution is -2.49. The van der Waals surface area contributed by atoms with Gasteiger partial charge in [-0.1, -0.05) is 49.4 Å². The minimum Gasteiger partial charge on any atom is -0.322 e. The lowest BCUT2D eigenvalue weighted by Gasteiger charge is -2.38. The van der Waals surface area contributed by atoms with Crippen LogP contribution in [0.1, 0.15) is 35.5 Å². The molecule has 8 nitrogen and oxygen atoms in total. The molecule has 0 radical (unpaired) electrons. The van der Waals surface area contributed by atoms with Gasteiger partial charge in [-0.3, -0.25) is 9.69 Å². The topological polar surface area (TPSA) is 82.9 Å². The number of hydrogen-bond acceptors (Lipinski definition) is 6. The van der Waals surface area contributed by atoms with Gasteiger partial charge in [0.25, 0.3) is 5.56 Å². The van der Waals surface area contributed by atoms with Crippen molar-refractivity contribution >= 4 is 10.9 Å². The third kappa shape index (κ3) is 4.44. The van der Waals surface area contributed by atoms with E-state index in [0.717, 1.165) is 54.8 Å². The predicted octanol–water partition coefficient (Wildman–Crippen LogP) is 2.60. The van der Waals surface area contributed by atoms with E-state index in [9.17, 15) is 4.79 Å². The van der Waals surface area contributed by atoms with Crippen LogP contribution in [-0.4, -0.2) is 67.7 Å². The Hall–Kier alpha value is -3.36. The quantitative estimate of drug-likeness (QED) is 0.493. The number of hydrogen-bond donors (Lipinski definition) is 1. The zero-order chi connectivity index (χ0) is 22.8. The predicted molar refractivity (Wildman–Crippen MR) is 128 cm³/mol. The van der Waals surface area contributed by atoms with Crippen molar-refractivity contribution in [2.75, 3.05) is 32.7 Å². The molecule has 1 saturated heterocycles. The molecule has 2 aromatic carbocycles. The number of pyridine rings is 1. The van der Waals surface area contributed by atoms with Gasteiger partial charge in [-0.2, -0.15) is 0 Å². The summed E-state index contributed by atoms with van der Waals surface area (Å²) in [5, 5.41) is 13.7. The van der Waals surface area contributed by atoms with Gasteiger partial charge in [0.1, 0.15) is 6.04 Å². The summed E-state index contributed by atoms with van der Waals surface area (Å²) in [6.45, 7) is 9.41. The van der Waals surface area contributed by atoms with Crippen molar-refractivity contribution in [3.05, 3.63) is 87.5 Å². The van der Waals surface area contributed by atoms with E-state index >= 15 is 0 Å². The number of aromatic nitrogens is 5. The van der Waals surface area contributed by atoms with E-state index in [4.69, 9.17) is 0 Å². The van der Waals surface area contributed by atoms with Crippen LogP contribution in [0.2, 0.25) is 0 Å². The molecule has 1 N–H and O–H groups in total. The van der Waals surface area contributed by atoms with Crippen molar-refractivity contribution in [2.45, 2.75) is 26.4 Å². The average molecular weight is 444 g/mol. The van der Waals surface area contributed by atoms with Gasteiger partial charge < -0.3 is 9.88 Å². The molecule has 1 aliphatic heterocycles. The fourth-order valence-corrected chi connectivity index (χ4v) is 4.65. The van der Waals surface area contributed by atoms with Gasteiger partial charge in [0, 0.05) is 37.3 Å². The van der Waals surface area contributed by atoms with Gasteiger partial charge in [-0.25, -0.2) is 4.68 Å². The second-order valence-corrected chi connectivity index (χ2v) is 8.70. The van der Waals surface area contributed by atoms with Crippen LogP contribution in [0.4, 0.5) is 0 Å². The Kier molecular flexibility index (Phi) is 6.02. The summed E-state index contributed by atoms with van der Waals surface area (Å²) in [7, 11) is 0. The first kappa shape index (κ1) is 21.5. The van der Waals surface area contributed by atoms with Crippen molar-refractivity contribution in [1.82, 2.24) is 35.0 Å². The Bertz CT molecular complexity index is 1290. The summed E-state index contributed by atoms with van der Waals surface area (Å²) in [5.41, 5.74) is 3.67. The minimum atomic E-state index is -0.322. The number of nitrogens with one attached hydrogen (secondary N) is 1. The molecule has 170 valence electrons. The molecule has 0 amide bonds. The van der Waals surface area contributed by atoms with Crippen molar-refractivity contribution in [3.63, 3.8) is 0 Å². The van der Waals surface area contributed by atoms with E-state index in [2.05, 4.69) is 61.5 Å². The third-order valence-corrected chi connectivity index (χ3v) is 6.52. The number of H-pyrrole nitrogens is 1. The SMILES string of the molecule is CCN1CCN([C@H](c2cc3ccc(C)cc3[nH]c2=O)c2nnnn2Cc2ccccc2)CC1. The third-order valence-electron chi connectivity index (χ3n) is 6.52. The largest absolute Gasteiger partial charge is 0.322 e. The fourth-order valence-electron chi connectivity index (χ4n) is 4.65. The van der Waals surface area contributed by atoms with Crippen LogP contribution in [0.3, 0.4) is 0 Å². The molecule has 1 atom stereocenters. The highest BCUT2D eigenvalue weighted by Crippen LogP contribution is 2.28. The van der Waals surface area contributed by atoms with Gasteiger partial charge in [0.2, 0.25) is 0 Å². The molecular weight excluding hydrogens is 414 g/mol.